The molecule has 3 rings (SSSR count). The summed E-state index contributed by atoms with van der Waals surface area (Å²) in [5.41, 5.74) is 2.79. The van der Waals surface area contributed by atoms with Crippen LogP contribution in [0.15, 0.2) is 36.4 Å². The van der Waals surface area contributed by atoms with Gasteiger partial charge in [0, 0.05) is 13.0 Å². The molecule has 0 bridgehead atoms. The smallest absolute Gasteiger partial charge is 0.227 e. The Bertz CT molecular complexity index is 956. The Morgan fingerprint density at radius 1 is 1.07 bits per heavy atom. The minimum Gasteiger partial charge on any atom is -0.493 e. The van der Waals surface area contributed by atoms with Crippen LogP contribution in [0, 0.1) is 0 Å². The second kappa shape index (κ2) is 8.65. The number of ether oxygens (including phenoxy) is 3. The Morgan fingerprint density at radius 2 is 1.75 bits per heavy atom. The van der Waals surface area contributed by atoms with E-state index in [-0.39, 0.29) is 5.91 Å². The van der Waals surface area contributed by atoms with Crippen LogP contribution in [0.1, 0.15) is 18.9 Å². The van der Waals surface area contributed by atoms with E-state index in [9.17, 15) is 4.79 Å². The number of fused-ring (bicyclic) bond motifs is 1. The molecule has 0 fully saturated rings. The number of carbonyl (C=O) groups is 1. The Kier molecular flexibility index (Phi) is 6.03. The number of amides is 1. The first kappa shape index (κ1) is 19.5. The van der Waals surface area contributed by atoms with E-state index < -0.39 is 0 Å². The van der Waals surface area contributed by atoms with Crippen LogP contribution >= 0.6 is 0 Å². The summed E-state index contributed by atoms with van der Waals surface area (Å²) in [5, 5.41) is 2.93. The monoisotopic (exact) mass is 383 g/mol. The molecule has 1 amide bonds. The SMILES string of the molecule is CCn1c(NC(=O)CCc2cc(OC)c(OC)c(OC)c2)nc2ccccc21. The Morgan fingerprint density at radius 3 is 2.36 bits per heavy atom. The summed E-state index contributed by atoms with van der Waals surface area (Å²) in [6.07, 6.45) is 0.848. The predicted molar refractivity (Wildman–Crippen MR) is 108 cm³/mol. The molecule has 0 saturated heterocycles. The standard InChI is InChI=1S/C21H25N3O4/c1-5-24-16-9-7-6-8-15(16)22-21(24)23-19(25)11-10-14-12-17(26-2)20(28-4)18(13-14)27-3/h6-9,12-13H,5,10-11H2,1-4H3,(H,22,23,25). The molecular formula is C21H25N3O4. The van der Waals surface area contributed by atoms with Crippen molar-refractivity contribution >= 4 is 22.9 Å². The lowest BCUT2D eigenvalue weighted by atomic mass is 10.1. The number of nitrogens with zero attached hydrogens (tertiary/aromatic N) is 2. The van der Waals surface area contributed by atoms with Gasteiger partial charge in [-0.2, -0.15) is 0 Å². The van der Waals surface area contributed by atoms with E-state index >= 15 is 0 Å². The lowest BCUT2D eigenvalue weighted by molar-refractivity contribution is -0.116. The number of methoxy groups -OCH3 is 3. The lowest BCUT2D eigenvalue weighted by Crippen LogP contribution is -2.16. The van der Waals surface area contributed by atoms with Crippen molar-refractivity contribution in [1.82, 2.24) is 9.55 Å². The molecular weight excluding hydrogens is 358 g/mol. The van der Waals surface area contributed by atoms with Crippen molar-refractivity contribution in [2.75, 3.05) is 26.6 Å². The molecule has 0 unspecified atom stereocenters. The second-order valence-electron chi connectivity index (χ2n) is 6.25. The van der Waals surface area contributed by atoms with E-state index in [1.807, 2.05) is 47.9 Å². The van der Waals surface area contributed by atoms with Crippen LogP contribution in [-0.4, -0.2) is 36.8 Å². The van der Waals surface area contributed by atoms with E-state index in [0.717, 1.165) is 23.1 Å². The van der Waals surface area contributed by atoms with E-state index in [4.69, 9.17) is 14.2 Å². The molecule has 1 N–H and O–H groups in total. The molecule has 7 nitrogen and oxygen atoms in total. The molecule has 0 aliphatic carbocycles. The van der Waals surface area contributed by atoms with Crippen molar-refractivity contribution in [1.29, 1.82) is 0 Å². The van der Waals surface area contributed by atoms with Crippen molar-refractivity contribution in [2.24, 2.45) is 0 Å². The van der Waals surface area contributed by atoms with Crippen LogP contribution in [0.25, 0.3) is 11.0 Å². The molecule has 28 heavy (non-hydrogen) atoms. The van der Waals surface area contributed by atoms with Gasteiger partial charge in [0.05, 0.1) is 32.4 Å². The van der Waals surface area contributed by atoms with Gasteiger partial charge in [-0.1, -0.05) is 12.1 Å². The van der Waals surface area contributed by atoms with Crippen LogP contribution in [0.3, 0.4) is 0 Å². The summed E-state index contributed by atoms with van der Waals surface area (Å²) < 4.78 is 18.1. The largest absolute Gasteiger partial charge is 0.493 e. The Hall–Kier alpha value is -3.22. The fraction of sp³-hybridized carbons (Fsp3) is 0.333. The van der Waals surface area contributed by atoms with E-state index in [1.54, 1.807) is 21.3 Å². The highest BCUT2D eigenvalue weighted by Crippen LogP contribution is 2.38. The van der Waals surface area contributed by atoms with Crippen molar-refractivity contribution in [3.63, 3.8) is 0 Å². The zero-order valence-corrected chi connectivity index (χ0v) is 16.6. The molecule has 1 aromatic heterocycles. The van der Waals surface area contributed by atoms with Gasteiger partial charge < -0.3 is 18.8 Å². The quantitative estimate of drug-likeness (QED) is 0.643. The predicted octanol–water partition coefficient (Wildman–Crippen LogP) is 3.65. The molecule has 0 radical (unpaired) electrons. The first-order valence-electron chi connectivity index (χ1n) is 9.15. The first-order chi connectivity index (χ1) is 13.6. The molecule has 0 saturated carbocycles. The molecule has 1 heterocycles. The van der Waals surface area contributed by atoms with Crippen molar-refractivity contribution < 1.29 is 19.0 Å². The first-order valence-corrected chi connectivity index (χ1v) is 9.15. The highest BCUT2D eigenvalue weighted by Gasteiger charge is 2.15. The van der Waals surface area contributed by atoms with E-state index in [0.29, 0.717) is 36.0 Å². The summed E-state index contributed by atoms with van der Waals surface area (Å²) in [6.45, 7) is 2.75. The zero-order valence-electron chi connectivity index (χ0n) is 16.6. The van der Waals surface area contributed by atoms with Gasteiger partial charge in [-0.05, 0) is 43.2 Å². The molecule has 2 aromatic carbocycles. The Labute approximate surface area is 164 Å². The van der Waals surface area contributed by atoms with Crippen LogP contribution in [0.5, 0.6) is 17.2 Å². The van der Waals surface area contributed by atoms with E-state index in [2.05, 4.69) is 10.3 Å². The summed E-state index contributed by atoms with van der Waals surface area (Å²) in [5.74, 6) is 2.15. The molecule has 148 valence electrons. The second-order valence-corrected chi connectivity index (χ2v) is 6.25. The summed E-state index contributed by atoms with van der Waals surface area (Å²) >= 11 is 0. The van der Waals surface area contributed by atoms with Gasteiger partial charge >= 0.3 is 0 Å². The fourth-order valence-corrected chi connectivity index (χ4v) is 3.22. The zero-order chi connectivity index (χ0) is 20.1. The highest BCUT2D eigenvalue weighted by molar-refractivity contribution is 5.91. The molecule has 0 aliphatic heterocycles. The van der Waals surface area contributed by atoms with Gasteiger partial charge in [0.25, 0.3) is 0 Å². The topological polar surface area (TPSA) is 74.6 Å². The van der Waals surface area contributed by atoms with Crippen molar-refractivity contribution in [3.05, 3.63) is 42.0 Å². The number of imidazole rings is 1. The van der Waals surface area contributed by atoms with Crippen LogP contribution in [0.2, 0.25) is 0 Å². The minimum atomic E-state index is -0.0984. The van der Waals surface area contributed by atoms with Crippen LogP contribution < -0.4 is 19.5 Å². The van der Waals surface area contributed by atoms with Gasteiger partial charge in [-0.3, -0.25) is 10.1 Å². The molecule has 7 heteroatoms. The lowest BCUT2D eigenvalue weighted by Gasteiger charge is -2.14. The number of benzene rings is 2. The van der Waals surface area contributed by atoms with Gasteiger partial charge in [0.15, 0.2) is 11.5 Å². The number of aromatic nitrogens is 2. The summed E-state index contributed by atoms with van der Waals surface area (Å²) in [4.78, 5) is 17.0. The number of para-hydroxylation sites is 2. The third kappa shape index (κ3) is 3.88. The molecule has 0 spiro atoms. The fourth-order valence-electron chi connectivity index (χ4n) is 3.22. The number of anilines is 1. The van der Waals surface area contributed by atoms with Gasteiger partial charge in [-0.25, -0.2) is 4.98 Å². The maximum atomic E-state index is 12.5. The minimum absolute atomic E-state index is 0.0984. The third-order valence-corrected chi connectivity index (χ3v) is 4.59. The number of aryl methyl sites for hydroxylation is 2. The van der Waals surface area contributed by atoms with Crippen molar-refractivity contribution in [2.45, 2.75) is 26.3 Å². The third-order valence-electron chi connectivity index (χ3n) is 4.59. The normalized spacial score (nSPS) is 10.7. The molecule has 0 atom stereocenters. The van der Waals surface area contributed by atoms with Gasteiger partial charge in [0.2, 0.25) is 17.6 Å². The number of nitrogens with one attached hydrogen (secondary N) is 1. The molecule has 0 aliphatic rings. The highest BCUT2D eigenvalue weighted by atomic mass is 16.5. The average molecular weight is 383 g/mol. The van der Waals surface area contributed by atoms with Gasteiger partial charge in [-0.15, -0.1) is 0 Å². The van der Waals surface area contributed by atoms with Gasteiger partial charge in [0.1, 0.15) is 0 Å². The summed E-state index contributed by atoms with van der Waals surface area (Å²) in [7, 11) is 4.71. The number of rotatable bonds is 8. The number of hydrogen-bond acceptors (Lipinski definition) is 5. The maximum absolute atomic E-state index is 12.5. The van der Waals surface area contributed by atoms with Crippen molar-refractivity contribution in [3.8, 4) is 17.2 Å². The summed E-state index contributed by atoms with van der Waals surface area (Å²) in [6, 6.07) is 11.5. The number of hydrogen-bond donors (Lipinski definition) is 1. The molecule has 3 aromatic rings. The van der Waals surface area contributed by atoms with E-state index in [1.165, 1.54) is 0 Å². The van der Waals surface area contributed by atoms with Crippen LogP contribution in [0.4, 0.5) is 5.95 Å². The maximum Gasteiger partial charge on any atom is 0.227 e. The Balaban J connectivity index is 1.73. The average Bonchev–Trinajstić information content (AvgIpc) is 3.07. The number of carbonyl (C=O) groups excluding carboxylic acids is 1. The van der Waals surface area contributed by atoms with Crippen LogP contribution in [-0.2, 0) is 17.8 Å².